The number of carbonyl (C=O) groups excluding carboxylic acids is 1. The Morgan fingerprint density at radius 3 is 2.36 bits per heavy atom. The fraction of sp³-hybridized carbons (Fsp3) is 0.263. The SMILES string of the molecule is O=C(N/N=C/c1c(F)cccc1F)c1cccc(S(=O)(=O)N2CCCCC2)c1. The number of nitrogens with zero attached hydrogens (tertiary/aromatic N) is 2. The third kappa shape index (κ3) is 4.42. The van der Waals surface area contributed by atoms with Crippen molar-refractivity contribution < 1.29 is 22.0 Å². The van der Waals surface area contributed by atoms with Crippen molar-refractivity contribution in [3.05, 3.63) is 65.2 Å². The number of halogens is 2. The summed E-state index contributed by atoms with van der Waals surface area (Å²) in [6.45, 7) is 0.911. The first-order valence-corrected chi connectivity index (χ1v) is 10.2. The quantitative estimate of drug-likeness (QED) is 0.612. The number of amides is 1. The standard InChI is InChI=1S/C19H19F2N3O3S/c20-17-8-5-9-18(21)16(17)13-22-23-19(25)14-6-4-7-15(12-14)28(26,27)24-10-2-1-3-11-24/h4-9,12-13H,1-3,10-11H2,(H,23,25)/b22-13+. The highest BCUT2D eigenvalue weighted by Gasteiger charge is 2.26. The van der Waals surface area contributed by atoms with Crippen molar-refractivity contribution in [1.29, 1.82) is 0 Å². The van der Waals surface area contributed by atoms with Gasteiger partial charge >= 0.3 is 0 Å². The van der Waals surface area contributed by atoms with Crippen molar-refractivity contribution in [2.45, 2.75) is 24.2 Å². The molecule has 0 bridgehead atoms. The van der Waals surface area contributed by atoms with Gasteiger partial charge in [0, 0.05) is 18.7 Å². The molecule has 1 saturated heterocycles. The lowest BCUT2D eigenvalue weighted by molar-refractivity contribution is 0.0955. The third-order valence-electron chi connectivity index (χ3n) is 4.41. The van der Waals surface area contributed by atoms with Crippen molar-refractivity contribution in [3.8, 4) is 0 Å². The number of piperidine rings is 1. The van der Waals surface area contributed by atoms with Gasteiger partial charge in [0.2, 0.25) is 10.0 Å². The summed E-state index contributed by atoms with van der Waals surface area (Å²) in [7, 11) is -3.68. The summed E-state index contributed by atoms with van der Waals surface area (Å²) in [6.07, 6.45) is 3.47. The zero-order valence-corrected chi connectivity index (χ0v) is 15.8. The Kier molecular flexibility index (Phi) is 6.15. The summed E-state index contributed by atoms with van der Waals surface area (Å²) >= 11 is 0. The third-order valence-corrected chi connectivity index (χ3v) is 6.30. The van der Waals surface area contributed by atoms with Crippen molar-refractivity contribution in [2.24, 2.45) is 5.10 Å². The molecule has 28 heavy (non-hydrogen) atoms. The van der Waals surface area contributed by atoms with Crippen molar-refractivity contribution in [3.63, 3.8) is 0 Å². The Morgan fingerprint density at radius 2 is 1.68 bits per heavy atom. The molecule has 1 fully saturated rings. The molecule has 0 atom stereocenters. The van der Waals surface area contributed by atoms with E-state index in [4.69, 9.17) is 0 Å². The molecule has 0 unspecified atom stereocenters. The molecule has 1 heterocycles. The molecule has 0 radical (unpaired) electrons. The zero-order valence-electron chi connectivity index (χ0n) is 14.9. The lowest BCUT2D eigenvalue weighted by Crippen LogP contribution is -2.35. The minimum atomic E-state index is -3.68. The molecule has 0 spiro atoms. The van der Waals surface area contributed by atoms with Crippen LogP contribution in [0.5, 0.6) is 0 Å². The second kappa shape index (κ2) is 8.57. The Labute approximate surface area is 161 Å². The Balaban J connectivity index is 1.74. The van der Waals surface area contributed by atoms with E-state index in [1.54, 1.807) is 0 Å². The summed E-state index contributed by atoms with van der Waals surface area (Å²) < 4.78 is 53.9. The molecule has 148 valence electrons. The Bertz CT molecular complexity index is 983. The van der Waals surface area contributed by atoms with Gasteiger partial charge in [-0.1, -0.05) is 18.6 Å². The van der Waals surface area contributed by atoms with E-state index in [-0.39, 0.29) is 16.0 Å². The first kappa shape index (κ1) is 20.1. The number of carbonyl (C=O) groups is 1. The topological polar surface area (TPSA) is 78.8 Å². The van der Waals surface area contributed by atoms with Crippen LogP contribution in [-0.4, -0.2) is 37.9 Å². The van der Waals surface area contributed by atoms with E-state index in [1.165, 1.54) is 34.6 Å². The fourth-order valence-electron chi connectivity index (χ4n) is 2.91. The monoisotopic (exact) mass is 407 g/mol. The van der Waals surface area contributed by atoms with E-state index < -0.39 is 27.6 Å². The molecule has 0 aromatic heterocycles. The second-order valence-electron chi connectivity index (χ2n) is 6.33. The van der Waals surface area contributed by atoms with E-state index in [0.717, 1.165) is 37.6 Å². The number of hydrogen-bond donors (Lipinski definition) is 1. The summed E-state index contributed by atoms with van der Waals surface area (Å²) in [5.41, 5.74) is 1.84. The number of nitrogens with one attached hydrogen (secondary N) is 1. The van der Waals surface area contributed by atoms with Crippen molar-refractivity contribution in [2.75, 3.05) is 13.1 Å². The highest BCUT2D eigenvalue weighted by molar-refractivity contribution is 7.89. The van der Waals surface area contributed by atoms with Gasteiger partial charge in [-0.15, -0.1) is 0 Å². The Morgan fingerprint density at radius 1 is 1.04 bits per heavy atom. The molecule has 1 aliphatic rings. The van der Waals surface area contributed by atoms with E-state index in [1.807, 2.05) is 0 Å². The number of hydrazone groups is 1. The van der Waals surface area contributed by atoms with Gasteiger partial charge in [0.25, 0.3) is 5.91 Å². The molecule has 1 amide bonds. The average molecular weight is 407 g/mol. The molecule has 2 aromatic carbocycles. The zero-order chi connectivity index (χ0) is 20.1. The normalized spacial score (nSPS) is 15.6. The maximum Gasteiger partial charge on any atom is 0.271 e. The molecule has 0 saturated carbocycles. The van der Waals surface area contributed by atoms with Crippen LogP contribution in [0.15, 0.2) is 52.5 Å². The smallest absolute Gasteiger partial charge is 0.267 e. The lowest BCUT2D eigenvalue weighted by atomic mass is 10.2. The van der Waals surface area contributed by atoms with Crippen LogP contribution < -0.4 is 5.43 Å². The van der Waals surface area contributed by atoms with Gasteiger partial charge in [-0.05, 0) is 43.2 Å². The average Bonchev–Trinajstić information content (AvgIpc) is 2.71. The summed E-state index contributed by atoms with van der Waals surface area (Å²) in [5, 5.41) is 3.56. The van der Waals surface area contributed by atoms with Gasteiger partial charge in [-0.2, -0.15) is 9.41 Å². The van der Waals surface area contributed by atoms with Crippen molar-refractivity contribution in [1.82, 2.24) is 9.73 Å². The molecular weight excluding hydrogens is 388 g/mol. The maximum absolute atomic E-state index is 13.5. The number of hydrogen-bond acceptors (Lipinski definition) is 4. The molecule has 1 N–H and O–H groups in total. The molecule has 6 nitrogen and oxygen atoms in total. The predicted molar refractivity (Wildman–Crippen MR) is 100 cm³/mol. The summed E-state index contributed by atoms with van der Waals surface area (Å²) in [6, 6.07) is 8.95. The van der Waals surface area contributed by atoms with Crippen LogP contribution in [0.3, 0.4) is 0 Å². The van der Waals surface area contributed by atoms with Gasteiger partial charge in [-0.3, -0.25) is 4.79 Å². The first-order valence-electron chi connectivity index (χ1n) is 8.77. The lowest BCUT2D eigenvalue weighted by Gasteiger charge is -2.25. The van der Waals surface area contributed by atoms with Crippen LogP contribution in [0, 0.1) is 11.6 Å². The molecule has 2 aromatic rings. The summed E-state index contributed by atoms with van der Waals surface area (Å²) in [4.78, 5) is 12.3. The van der Waals surface area contributed by atoms with Crippen molar-refractivity contribution >= 4 is 22.1 Å². The van der Waals surface area contributed by atoms with Crippen LogP contribution in [0.1, 0.15) is 35.2 Å². The maximum atomic E-state index is 13.5. The first-order chi connectivity index (χ1) is 13.4. The van der Waals surface area contributed by atoms with Crippen LogP contribution in [0.25, 0.3) is 0 Å². The number of benzene rings is 2. The molecule has 1 aliphatic heterocycles. The largest absolute Gasteiger partial charge is 0.271 e. The van der Waals surface area contributed by atoms with Gasteiger partial charge in [0.05, 0.1) is 16.7 Å². The Hall–Kier alpha value is -2.65. The van der Waals surface area contributed by atoms with E-state index in [9.17, 15) is 22.0 Å². The number of rotatable bonds is 5. The van der Waals surface area contributed by atoms with Gasteiger partial charge in [-0.25, -0.2) is 22.6 Å². The molecular formula is C19H19F2N3O3S. The molecule has 9 heteroatoms. The fourth-order valence-corrected chi connectivity index (χ4v) is 4.47. The minimum Gasteiger partial charge on any atom is -0.267 e. The van der Waals surface area contributed by atoms with Crippen LogP contribution in [0.2, 0.25) is 0 Å². The second-order valence-corrected chi connectivity index (χ2v) is 8.26. The van der Waals surface area contributed by atoms with E-state index in [0.29, 0.717) is 13.1 Å². The van der Waals surface area contributed by atoms with E-state index in [2.05, 4.69) is 10.5 Å². The highest BCUT2D eigenvalue weighted by Crippen LogP contribution is 2.21. The van der Waals surface area contributed by atoms with Gasteiger partial charge in [0.15, 0.2) is 0 Å². The number of sulfonamides is 1. The predicted octanol–water partition coefficient (Wildman–Crippen LogP) is 2.90. The van der Waals surface area contributed by atoms with Crippen LogP contribution in [-0.2, 0) is 10.0 Å². The van der Waals surface area contributed by atoms with Gasteiger partial charge < -0.3 is 0 Å². The van der Waals surface area contributed by atoms with E-state index >= 15 is 0 Å². The molecule has 3 rings (SSSR count). The van der Waals surface area contributed by atoms with Gasteiger partial charge in [0.1, 0.15) is 11.6 Å². The van der Waals surface area contributed by atoms with Crippen LogP contribution >= 0.6 is 0 Å². The summed E-state index contributed by atoms with van der Waals surface area (Å²) in [5.74, 6) is -2.32. The highest BCUT2D eigenvalue weighted by atomic mass is 32.2. The minimum absolute atomic E-state index is 0.0196. The molecule has 0 aliphatic carbocycles. The van der Waals surface area contributed by atoms with Crippen LogP contribution in [0.4, 0.5) is 8.78 Å².